The number of benzene rings is 2. The molecule has 0 radical (unpaired) electrons. The van der Waals surface area contributed by atoms with Gasteiger partial charge >= 0.3 is 5.97 Å². The second-order valence-corrected chi connectivity index (χ2v) is 10.5. The van der Waals surface area contributed by atoms with Crippen molar-refractivity contribution in [3.8, 4) is 0 Å². The van der Waals surface area contributed by atoms with Gasteiger partial charge in [-0.1, -0.05) is 0 Å². The average Bonchev–Trinajstić information content (AvgIpc) is 3.48. The highest BCUT2D eigenvalue weighted by Crippen LogP contribution is 2.42. The van der Waals surface area contributed by atoms with Crippen LogP contribution in [-0.4, -0.2) is 69.0 Å². The van der Waals surface area contributed by atoms with Gasteiger partial charge in [-0.15, -0.1) is 0 Å². The molecule has 37 heavy (non-hydrogen) atoms. The smallest absolute Gasteiger partial charge is 0.340 e. The van der Waals surface area contributed by atoms with Crippen LogP contribution in [0.25, 0.3) is 0 Å². The minimum Gasteiger partial charge on any atom is -0.429 e. The Labute approximate surface area is 216 Å². The van der Waals surface area contributed by atoms with Crippen LogP contribution in [0.4, 0.5) is 17.1 Å². The van der Waals surface area contributed by atoms with Crippen molar-refractivity contribution in [1.29, 1.82) is 0 Å². The van der Waals surface area contributed by atoms with Gasteiger partial charge in [0.1, 0.15) is 18.3 Å². The SMILES string of the molecule is CN(C)c1ccc(N=Nc2ccc(C(=O)OC3OC(C4COC(C)(C)O4)C4OC(C)(C)OC34)cc2)cc1. The number of fused-ring (bicyclic) bond motifs is 1. The highest BCUT2D eigenvalue weighted by molar-refractivity contribution is 5.89. The number of carbonyl (C=O) groups is 1. The minimum absolute atomic E-state index is 0.348. The number of azo groups is 1. The van der Waals surface area contributed by atoms with E-state index in [1.165, 1.54) is 0 Å². The lowest BCUT2D eigenvalue weighted by atomic mass is 10.1. The second-order valence-electron chi connectivity index (χ2n) is 10.5. The molecule has 0 N–H and O–H groups in total. The van der Waals surface area contributed by atoms with Crippen molar-refractivity contribution in [2.45, 2.75) is 70.0 Å². The molecule has 0 aliphatic carbocycles. The van der Waals surface area contributed by atoms with Crippen molar-refractivity contribution in [3.63, 3.8) is 0 Å². The molecule has 3 aliphatic heterocycles. The van der Waals surface area contributed by atoms with Crippen LogP contribution in [0, 0.1) is 0 Å². The van der Waals surface area contributed by atoms with Crippen LogP contribution in [0.5, 0.6) is 0 Å². The van der Waals surface area contributed by atoms with Crippen LogP contribution >= 0.6 is 0 Å². The van der Waals surface area contributed by atoms with E-state index >= 15 is 0 Å². The highest BCUT2D eigenvalue weighted by Gasteiger charge is 2.60. The first kappa shape index (κ1) is 25.7. The largest absolute Gasteiger partial charge is 0.429 e. The fourth-order valence-corrected chi connectivity index (χ4v) is 4.63. The molecule has 10 heteroatoms. The Balaban J connectivity index is 1.23. The van der Waals surface area contributed by atoms with E-state index in [9.17, 15) is 4.79 Å². The molecule has 0 saturated carbocycles. The Morgan fingerprint density at radius 2 is 1.43 bits per heavy atom. The topological polar surface area (TPSA) is 100 Å². The van der Waals surface area contributed by atoms with Gasteiger partial charge in [0.05, 0.1) is 23.5 Å². The average molecular weight is 512 g/mol. The van der Waals surface area contributed by atoms with Crippen molar-refractivity contribution in [2.75, 3.05) is 25.6 Å². The molecule has 0 amide bonds. The summed E-state index contributed by atoms with van der Waals surface area (Å²) < 4.78 is 35.6. The summed E-state index contributed by atoms with van der Waals surface area (Å²) in [6.07, 6.45) is -2.84. The number of nitrogens with zero attached hydrogens (tertiary/aromatic N) is 3. The highest BCUT2D eigenvalue weighted by atomic mass is 16.8. The molecule has 5 unspecified atom stereocenters. The molecule has 3 heterocycles. The Bertz CT molecular complexity index is 1150. The number of rotatable bonds is 6. The van der Waals surface area contributed by atoms with Crippen molar-refractivity contribution in [2.24, 2.45) is 10.2 Å². The lowest BCUT2D eigenvalue weighted by Crippen LogP contribution is -2.40. The zero-order valence-corrected chi connectivity index (χ0v) is 21.9. The van der Waals surface area contributed by atoms with Crippen LogP contribution in [0.1, 0.15) is 38.1 Å². The fourth-order valence-electron chi connectivity index (χ4n) is 4.63. The molecule has 10 nitrogen and oxygen atoms in total. The maximum absolute atomic E-state index is 12.9. The van der Waals surface area contributed by atoms with Gasteiger partial charge < -0.3 is 33.3 Å². The summed E-state index contributed by atoms with van der Waals surface area (Å²) in [5.74, 6) is -2.09. The quantitative estimate of drug-likeness (QED) is 0.406. The molecule has 0 aromatic heterocycles. The Hall–Kier alpha value is -2.89. The van der Waals surface area contributed by atoms with Crippen LogP contribution in [0.3, 0.4) is 0 Å². The molecule has 2 aromatic rings. The van der Waals surface area contributed by atoms with E-state index in [-0.39, 0.29) is 6.10 Å². The predicted molar refractivity (Wildman–Crippen MR) is 134 cm³/mol. The van der Waals surface area contributed by atoms with Gasteiger partial charge in [0, 0.05) is 19.8 Å². The number of hydrogen-bond acceptors (Lipinski definition) is 10. The van der Waals surface area contributed by atoms with E-state index in [0.29, 0.717) is 17.9 Å². The van der Waals surface area contributed by atoms with E-state index in [4.69, 9.17) is 28.4 Å². The van der Waals surface area contributed by atoms with Crippen LogP contribution in [0.15, 0.2) is 58.8 Å². The van der Waals surface area contributed by atoms with Gasteiger partial charge in [-0.2, -0.15) is 10.2 Å². The maximum atomic E-state index is 12.9. The summed E-state index contributed by atoms with van der Waals surface area (Å²) >= 11 is 0. The first-order valence-electron chi connectivity index (χ1n) is 12.3. The van der Waals surface area contributed by atoms with E-state index in [0.717, 1.165) is 11.4 Å². The normalized spacial score (nSPS) is 29.9. The summed E-state index contributed by atoms with van der Waals surface area (Å²) in [6, 6.07) is 14.4. The fraction of sp³-hybridized carbons (Fsp3) is 0.519. The van der Waals surface area contributed by atoms with E-state index in [1.807, 2.05) is 71.0 Å². The summed E-state index contributed by atoms with van der Waals surface area (Å²) in [7, 11) is 3.96. The molecular formula is C27H33N3O7. The molecule has 5 atom stereocenters. The van der Waals surface area contributed by atoms with Gasteiger partial charge in [0.25, 0.3) is 0 Å². The number of esters is 1. The van der Waals surface area contributed by atoms with Crippen molar-refractivity contribution in [3.05, 3.63) is 54.1 Å². The number of ether oxygens (including phenoxy) is 6. The van der Waals surface area contributed by atoms with Gasteiger partial charge in [-0.05, 0) is 76.2 Å². The standard InChI is InChI=1S/C27H33N3O7/c1-26(2)32-15-20(35-26)21-22-23(37-27(3,4)36-22)25(33-21)34-24(31)16-7-9-17(10-8-16)28-29-18-11-13-19(14-12-18)30(5)6/h7-14,20-23,25H,15H2,1-6H3. The van der Waals surface area contributed by atoms with Gasteiger partial charge in [0.15, 0.2) is 17.7 Å². The van der Waals surface area contributed by atoms with Crippen LogP contribution < -0.4 is 4.90 Å². The number of carbonyl (C=O) groups excluding carboxylic acids is 1. The van der Waals surface area contributed by atoms with Gasteiger partial charge in [-0.3, -0.25) is 0 Å². The summed E-state index contributed by atoms with van der Waals surface area (Å²) in [4.78, 5) is 15.0. The zero-order valence-electron chi connectivity index (χ0n) is 21.9. The predicted octanol–water partition coefficient (Wildman–Crippen LogP) is 4.72. The summed E-state index contributed by atoms with van der Waals surface area (Å²) in [6.45, 7) is 7.68. The van der Waals surface area contributed by atoms with Crippen molar-refractivity contribution in [1.82, 2.24) is 0 Å². The second kappa shape index (κ2) is 9.77. The van der Waals surface area contributed by atoms with E-state index in [1.54, 1.807) is 24.3 Å². The number of hydrogen-bond donors (Lipinski definition) is 0. The molecule has 3 aliphatic rings. The Morgan fingerprint density at radius 1 is 0.838 bits per heavy atom. The third kappa shape index (κ3) is 5.68. The third-order valence-corrected chi connectivity index (χ3v) is 6.42. The molecule has 3 saturated heterocycles. The molecular weight excluding hydrogens is 478 g/mol. The summed E-state index contributed by atoms with van der Waals surface area (Å²) in [5, 5.41) is 8.51. The molecule has 5 rings (SSSR count). The molecule has 198 valence electrons. The van der Waals surface area contributed by atoms with Gasteiger partial charge in [-0.25, -0.2) is 4.79 Å². The van der Waals surface area contributed by atoms with Gasteiger partial charge in [0.2, 0.25) is 6.29 Å². The molecule has 0 bridgehead atoms. The first-order chi connectivity index (χ1) is 17.5. The monoisotopic (exact) mass is 511 g/mol. The van der Waals surface area contributed by atoms with Crippen molar-refractivity contribution < 1.29 is 33.2 Å². The molecule has 3 fully saturated rings. The van der Waals surface area contributed by atoms with Crippen LogP contribution in [0.2, 0.25) is 0 Å². The Kier molecular flexibility index (Phi) is 6.80. The molecule has 0 spiro atoms. The van der Waals surface area contributed by atoms with Crippen LogP contribution in [-0.2, 0) is 28.4 Å². The maximum Gasteiger partial charge on any atom is 0.340 e. The number of anilines is 1. The van der Waals surface area contributed by atoms with E-state index < -0.39 is 42.1 Å². The lowest BCUT2D eigenvalue weighted by Gasteiger charge is -2.26. The zero-order chi connectivity index (χ0) is 26.4. The van der Waals surface area contributed by atoms with Crippen molar-refractivity contribution >= 4 is 23.0 Å². The lowest BCUT2D eigenvalue weighted by molar-refractivity contribution is -0.235. The Morgan fingerprint density at radius 3 is 2.00 bits per heavy atom. The molecule has 2 aromatic carbocycles. The first-order valence-corrected chi connectivity index (χ1v) is 12.3. The summed E-state index contributed by atoms with van der Waals surface area (Å²) in [5.41, 5.74) is 2.79. The third-order valence-electron chi connectivity index (χ3n) is 6.42. The minimum atomic E-state index is -0.943. The van der Waals surface area contributed by atoms with E-state index in [2.05, 4.69) is 10.2 Å².